The van der Waals surface area contributed by atoms with Crippen molar-refractivity contribution in [3.63, 3.8) is 0 Å². The Balaban J connectivity index is 1.78. The molecule has 1 aliphatic rings. The third-order valence-corrected chi connectivity index (χ3v) is 5.65. The molecule has 1 atom stereocenters. The van der Waals surface area contributed by atoms with E-state index in [1.807, 2.05) is 0 Å². The number of para-hydroxylation sites is 2. The first-order chi connectivity index (χ1) is 14.7. The Morgan fingerprint density at radius 3 is 1.60 bits per heavy atom. The first-order valence-corrected chi connectivity index (χ1v) is 10.3. The van der Waals surface area contributed by atoms with Crippen LogP contribution in [0.2, 0.25) is 0 Å². The number of hydrogen-bond donors (Lipinski definition) is 0. The molecule has 0 spiro atoms. The van der Waals surface area contributed by atoms with E-state index >= 15 is 0 Å². The molecule has 0 N–H and O–H groups in total. The normalized spacial score (nSPS) is 15.2. The van der Waals surface area contributed by atoms with Crippen LogP contribution in [0, 0.1) is 0 Å². The van der Waals surface area contributed by atoms with Gasteiger partial charge in [0.25, 0.3) is 0 Å². The van der Waals surface area contributed by atoms with Crippen LogP contribution in [0.5, 0.6) is 0 Å². The van der Waals surface area contributed by atoms with Gasteiger partial charge in [0.2, 0.25) is 0 Å². The maximum Gasteiger partial charge on any atom is 0.137 e. The van der Waals surface area contributed by atoms with E-state index in [9.17, 15) is 0 Å². The highest BCUT2D eigenvalue weighted by atomic mass is 15.4. The van der Waals surface area contributed by atoms with Gasteiger partial charge in [-0.05, 0) is 48.0 Å². The van der Waals surface area contributed by atoms with E-state index in [1.54, 1.807) is 0 Å². The van der Waals surface area contributed by atoms with Crippen LogP contribution in [-0.4, -0.2) is 14.1 Å². The van der Waals surface area contributed by atoms with Gasteiger partial charge in [-0.2, -0.15) is 0 Å². The monoisotopic (exact) mass is 391 g/mol. The fourth-order valence-electron chi connectivity index (χ4n) is 4.23. The van der Waals surface area contributed by atoms with Gasteiger partial charge in [-0.1, -0.05) is 66.7 Å². The highest BCUT2D eigenvalue weighted by Gasteiger charge is 2.39. The molecular weight excluding hydrogens is 366 g/mol. The Morgan fingerprint density at radius 2 is 1.07 bits per heavy atom. The fraction of sp³-hybridized carbons (Fsp3) is 0.111. The summed E-state index contributed by atoms with van der Waals surface area (Å²) in [5.74, 6) is 0. The third kappa shape index (κ3) is 3.09. The lowest BCUT2D eigenvalue weighted by atomic mass is 10.1. The molecule has 1 unspecified atom stereocenters. The summed E-state index contributed by atoms with van der Waals surface area (Å²) < 4.78 is 0. The van der Waals surface area contributed by atoms with Crippen LogP contribution in [0.1, 0.15) is 11.7 Å². The number of fused-ring (bicyclic) bond motifs is 1. The average molecular weight is 392 g/mol. The van der Waals surface area contributed by atoms with Crippen LogP contribution >= 0.6 is 0 Å². The first kappa shape index (κ1) is 18.3. The molecule has 30 heavy (non-hydrogen) atoms. The van der Waals surface area contributed by atoms with Gasteiger partial charge in [-0.25, -0.2) is 0 Å². The summed E-state index contributed by atoms with van der Waals surface area (Å²) in [5, 5.41) is 0. The maximum atomic E-state index is 2.45. The average Bonchev–Trinajstić information content (AvgIpc) is 3.15. The minimum absolute atomic E-state index is 0.0309. The Morgan fingerprint density at radius 1 is 0.567 bits per heavy atom. The molecular formula is C27H25N3. The van der Waals surface area contributed by atoms with E-state index in [4.69, 9.17) is 0 Å². The topological polar surface area (TPSA) is 9.72 Å². The summed E-state index contributed by atoms with van der Waals surface area (Å²) in [7, 11) is 4.18. The molecule has 4 aromatic carbocycles. The summed E-state index contributed by atoms with van der Waals surface area (Å²) in [6, 6.07) is 38.8. The Kier molecular flexibility index (Phi) is 4.64. The van der Waals surface area contributed by atoms with Crippen molar-refractivity contribution in [3.05, 3.63) is 115 Å². The van der Waals surface area contributed by atoms with Crippen LogP contribution in [0.15, 0.2) is 109 Å². The Labute approximate surface area is 178 Å². The van der Waals surface area contributed by atoms with Crippen LogP contribution in [0.4, 0.5) is 28.4 Å². The van der Waals surface area contributed by atoms with Gasteiger partial charge in [0.1, 0.15) is 6.17 Å². The summed E-state index contributed by atoms with van der Waals surface area (Å²) >= 11 is 0. The van der Waals surface area contributed by atoms with Crippen LogP contribution in [0.25, 0.3) is 0 Å². The predicted molar refractivity (Wildman–Crippen MR) is 127 cm³/mol. The van der Waals surface area contributed by atoms with E-state index in [0.29, 0.717) is 0 Å². The minimum Gasteiger partial charge on any atom is -0.378 e. The van der Waals surface area contributed by atoms with Crippen molar-refractivity contribution in [2.24, 2.45) is 0 Å². The molecule has 3 nitrogen and oxygen atoms in total. The highest BCUT2D eigenvalue weighted by Crippen LogP contribution is 2.54. The van der Waals surface area contributed by atoms with Crippen LogP contribution in [0.3, 0.4) is 0 Å². The maximum absolute atomic E-state index is 2.45. The SMILES string of the molecule is CN(C)c1ccc2c(c1)N(c1ccccc1)C(c1ccccc1)N2c1ccccc1. The lowest BCUT2D eigenvalue weighted by Gasteiger charge is -2.33. The van der Waals surface area contributed by atoms with Crippen LogP contribution < -0.4 is 14.7 Å². The van der Waals surface area contributed by atoms with E-state index in [1.165, 1.54) is 34.0 Å². The van der Waals surface area contributed by atoms with Crippen molar-refractivity contribution < 1.29 is 0 Å². The van der Waals surface area contributed by atoms with Crippen molar-refractivity contribution in [2.45, 2.75) is 6.17 Å². The van der Waals surface area contributed by atoms with E-state index in [-0.39, 0.29) is 6.17 Å². The molecule has 0 bridgehead atoms. The minimum atomic E-state index is 0.0309. The molecule has 0 aromatic heterocycles. The lowest BCUT2D eigenvalue weighted by molar-refractivity contribution is 0.746. The zero-order valence-electron chi connectivity index (χ0n) is 17.3. The lowest BCUT2D eigenvalue weighted by Crippen LogP contribution is -2.30. The standard InChI is InChI=1S/C27H25N3/c1-28(2)24-18-19-25-26(20-24)30(23-16-10-5-11-17-23)27(21-12-6-3-7-13-21)29(25)22-14-8-4-9-15-22/h3-20,27H,1-2H3. The molecule has 0 aliphatic carbocycles. The second kappa shape index (κ2) is 7.60. The molecule has 0 amide bonds. The molecule has 0 saturated heterocycles. The van der Waals surface area contributed by atoms with Gasteiger partial charge in [-0.3, -0.25) is 0 Å². The summed E-state index contributed by atoms with van der Waals surface area (Å²) in [5.41, 5.74) is 7.24. The Hall–Kier alpha value is -3.72. The second-order valence-corrected chi connectivity index (χ2v) is 7.76. The van der Waals surface area contributed by atoms with Gasteiger partial charge < -0.3 is 14.7 Å². The summed E-state index contributed by atoms with van der Waals surface area (Å²) in [4.78, 5) is 7.05. The number of anilines is 5. The van der Waals surface area contributed by atoms with Crippen molar-refractivity contribution in [1.82, 2.24) is 0 Å². The molecule has 5 rings (SSSR count). The number of hydrogen-bond acceptors (Lipinski definition) is 3. The van der Waals surface area contributed by atoms with Crippen molar-refractivity contribution in [1.29, 1.82) is 0 Å². The molecule has 0 radical (unpaired) electrons. The van der Waals surface area contributed by atoms with E-state index < -0.39 is 0 Å². The van der Waals surface area contributed by atoms with Crippen molar-refractivity contribution in [2.75, 3.05) is 28.8 Å². The molecule has 4 aromatic rings. The van der Waals surface area contributed by atoms with Gasteiger partial charge in [-0.15, -0.1) is 0 Å². The molecule has 3 heteroatoms. The second-order valence-electron chi connectivity index (χ2n) is 7.76. The first-order valence-electron chi connectivity index (χ1n) is 10.3. The largest absolute Gasteiger partial charge is 0.378 e. The zero-order chi connectivity index (χ0) is 20.5. The van der Waals surface area contributed by atoms with E-state index in [0.717, 1.165) is 0 Å². The number of benzene rings is 4. The van der Waals surface area contributed by atoms with Gasteiger partial charge in [0.05, 0.1) is 11.4 Å². The molecule has 1 heterocycles. The molecule has 1 aliphatic heterocycles. The van der Waals surface area contributed by atoms with Gasteiger partial charge >= 0.3 is 0 Å². The number of nitrogens with zero attached hydrogens (tertiary/aromatic N) is 3. The molecule has 148 valence electrons. The zero-order valence-corrected chi connectivity index (χ0v) is 17.3. The van der Waals surface area contributed by atoms with Crippen LogP contribution in [-0.2, 0) is 0 Å². The van der Waals surface area contributed by atoms with E-state index in [2.05, 4.69) is 138 Å². The fourth-order valence-corrected chi connectivity index (χ4v) is 4.23. The molecule has 0 saturated carbocycles. The Bertz CT molecular complexity index is 1120. The van der Waals surface area contributed by atoms with Gasteiger partial charge in [0, 0.05) is 31.2 Å². The molecule has 0 fully saturated rings. The van der Waals surface area contributed by atoms with Crippen molar-refractivity contribution in [3.8, 4) is 0 Å². The highest BCUT2D eigenvalue weighted by molar-refractivity contribution is 5.90. The summed E-state index contributed by atoms with van der Waals surface area (Å²) in [6.07, 6.45) is 0.0309. The van der Waals surface area contributed by atoms with Gasteiger partial charge in [0.15, 0.2) is 0 Å². The third-order valence-electron chi connectivity index (χ3n) is 5.65. The predicted octanol–water partition coefficient (Wildman–Crippen LogP) is 6.74. The van der Waals surface area contributed by atoms with Crippen molar-refractivity contribution >= 4 is 28.4 Å². The summed E-state index contributed by atoms with van der Waals surface area (Å²) in [6.45, 7) is 0. The smallest absolute Gasteiger partial charge is 0.137 e. The quantitative estimate of drug-likeness (QED) is 0.381. The number of rotatable bonds is 4.